The molecule has 1 saturated heterocycles. The molecule has 7 nitrogen and oxygen atoms in total. The first kappa shape index (κ1) is 19.9. The standard InChI is InChI=1S/C23H18BrNO6/c1-31-17-6-9(26)2-3-11(17)18-10-4-5-12-19(23(30)25-22(12)29)13(10)7-14-20(18)16(27)8-15(24)21(14)28/h2-4,6,8,12-13,18-19,26H,5,7H2,1H3,(H,25,29,30)/t12-,13+,18+,19-/m0/s1. The number of fused-ring (bicyclic) bond motifs is 3. The summed E-state index contributed by atoms with van der Waals surface area (Å²) in [4.78, 5) is 51.0. The zero-order chi connectivity index (χ0) is 22.0. The van der Waals surface area contributed by atoms with Crippen LogP contribution in [0.5, 0.6) is 11.5 Å². The molecule has 0 unspecified atom stereocenters. The van der Waals surface area contributed by atoms with Crippen molar-refractivity contribution in [2.24, 2.45) is 17.8 Å². The summed E-state index contributed by atoms with van der Waals surface area (Å²) >= 11 is 3.19. The summed E-state index contributed by atoms with van der Waals surface area (Å²) in [5.74, 6) is -2.87. The van der Waals surface area contributed by atoms with Crippen LogP contribution in [0.2, 0.25) is 0 Å². The lowest BCUT2D eigenvalue weighted by Gasteiger charge is -2.42. The molecule has 1 fully saturated rings. The summed E-state index contributed by atoms with van der Waals surface area (Å²) in [5.41, 5.74) is 2.18. The Kier molecular flexibility index (Phi) is 4.51. The van der Waals surface area contributed by atoms with Crippen molar-refractivity contribution < 1.29 is 29.0 Å². The van der Waals surface area contributed by atoms with E-state index in [9.17, 15) is 24.3 Å². The van der Waals surface area contributed by atoms with Gasteiger partial charge in [-0.25, -0.2) is 0 Å². The molecular weight excluding hydrogens is 466 g/mol. The molecule has 0 radical (unpaired) electrons. The molecule has 31 heavy (non-hydrogen) atoms. The van der Waals surface area contributed by atoms with Crippen LogP contribution in [0, 0.1) is 17.8 Å². The monoisotopic (exact) mass is 483 g/mol. The lowest BCUT2D eigenvalue weighted by molar-refractivity contribution is -0.126. The molecule has 5 rings (SSSR count). The molecule has 4 aliphatic rings. The number of carbonyl (C=O) groups is 4. The lowest BCUT2D eigenvalue weighted by Crippen LogP contribution is -2.39. The molecule has 4 atom stereocenters. The van der Waals surface area contributed by atoms with Gasteiger partial charge in [0.2, 0.25) is 11.8 Å². The highest BCUT2D eigenvalue weighted by Crippen LogP contribution is 2.55. The molecule has 1 aromatic rings. The van der Waals surface area contributed by atoms with Crippen molar-refractivity contribution in [2.75, 3.05) is 7.11 Å². The van der Waals surface area contributed by atoms with Crippen LogP contribution >= 0.6 is 15.9 Å². The van der Waals surface area contributed by atoms with Crippen LogP contribution in [0.15, 0.2) is 51.6 Å². The Bertz CT molecular complexity index is 1180. The Balaban J connectivity index is 1.75. The van der Waals surface area contributed by atoms with E-state index >= 15 is 0 Å². The normalized spacial score (nSPS) is 29.6. The molecule has 0 spiro atoms. The minimum atomic E-state index is -0.609. The van der Waals surface area contributed by atoms with E-state index in [0.29, 0.717) is 28.9 Å². The number of imide groups is 1. The number of hydrogen-bond donors (Lipinski definition) is 2. The number of Topliss-reactive ketones (excluding diaryl/α,β-unsaturated/α-hetero) is 1. The van der Waals surface area contributed by atoms with Gasteiger partial charge in [-0.3, -0.25) is 24.5 Å². The number of phenols is 1. The average Bonchev–Trinajstić information content (AvgIpc) is 3.04. The van der Waals surface area contributed by atoms with Gasteiger partial charge in [0.1, 0.15) is 11.5 Å². The molecule has 2 amide bonds. The number of phenolic OH excluding ortho intramolecular Hbond substituents is 1. The maximum Gasteiger partial charge on any atom is 0.231 e. The van der Waals surface area contributed by atoms with Crippen molar-refractivity contribution >= 4 is 39.3 Å². The number of amides is 2. The summed E-state index contributed by atoms with van der Waals surface area (Å²) in [7, 11) is 1.46. The minimum Gasteiger partial charge on any atom is -0.508 e. The molecule has 1 aromatic carbocycles. The van der Waals surface area contributed by atoms with Gasteiger partial charge in [0, 0.05) is 34.8 Å². The van der Waals surface area contributed by atoms with E-state index in [1.165, 1.54) is 25.3 Å². The van der Waals surface area contributed by atoms with Crippen molar-refractivity contribution in [3.8, 4) is 11.5 Å². The van der Waals surface area contributed by atoms with E-state index in [-0.39, 0.29) is 46.0 Å². The van der Waals surface area contributed by atoms with Gasteiger partial charge in [0.25, 0.3) is 0 Å². The SMILES string of the molecule is COc1cc(O)ccc1[C@H]1C2=CC[C@@H]3C(=O)NC(=O)[C@@H]3[C@@H]2CC2=C1C(=O)C=C(Br)C2=O. The van der Waals surface area contributed by atoms with Crippen LogP contribution in [-0.2, 0) is 19.2 Å². The number of benzene rings is 1. The van der Waals surface area contributed by atoms with Crippen LogP contribution in [0.1, 0.15) is 24.3 Å². The molecule has 8 heteroatoms. The Morgan fingerprint density at radius 3 is 2.65 bits per heavy atom. The summed E-state index contributed by atoms with van der Waals surface area (Å²) < 4.78 is 5.66. The first-order valence-corrected chi connectivity index (χ1v) is 10.7. The number of halogens is 1. The number of allylic oxidation sites excluding steroid dienone is 6. The van der Waals surface area contributed by atoms with E-state index in [1.807, 2.05) is 6.08 Å². The first-order valence-electron chi connectivity index (χ1n) is 9.92. The van der Waals surface area contributed by atoms with Crippen molar-refractivity contribution in [3.05, 3.63) is 57.1 Å². The van der Waals surface area contributed by atoms with Crippen LogP contribution < -0.4 is 10.1 Å². The summed E-state index contributed by atoms with van der Waals surface area (Å²) in [5, 5.41) is 12.3. The second-order valence-electron chi connectivity index (χ2n) is 8.17. The number of ether oxygens (including phenoxy) is 1. The molecule has 2 N–H and O–H groups in total. The van der Waals surface area contributed by atoms with Gasteiger partial charge < -0.3 is 9.84 Å². The van der Waals surface area contributed by atoms with Crippen LogP contribution in [0.25, 0.3) is 0 Å². The average molecular weight is 484 g/mol. The summed E-state index contributed by atoms with van der Waals surface area (Å²) in [6, 6.07) is 4.63. The number of methoxy groups -OCH3 is 1. The lowest BCUT2D eigenvalue weighted by atomic mass is 9.59. The van der Waals surface area contributed by atoms with E-state index in [4.69, 9.17) is 4.74 Å². The molecule has 1 aliphatic heterocycles. The maximum atomic E-state index is 13.1. The summed E-state index contributed by atoms with van der Waals surface area (Å²) in [6.45, 7) is 0. The summed E-state index contributed by atoms with van der Waals surface area (Å²) in [6.07, 6.45) is 3.80. The Morgan fingerprint density at radius 2 is 1.90 bits per heavy atom. The van der Waals surface area contributed by atoms with Crippen molar-refractivity contribution in [3.63, 3.8) is 0 Å². The zero-order valence-corrected chi connectivity index (χ0v) is 18.1. The predicted molar refractivity (Wildman–Crippen MR) is 112 cm³/mol. The Labute approximate surface area is 186 Å². The van der Waals surface area contributed by atoms with Crippen molar-refractivity contribution in [1.29, 1.82) is 0 Å². The number of carbonyl (C=O) groups excluding carboxylic acids is 4. The molecule has 0 bridgehead atoms. The molecule has 0 aromatic heterocycles. The quantitative estimate of drug-likeness (QED) is 0.379. The fourth-order valence-corrected chi connectivity index (χ4v) is 5.86. The minimum absolute atomic E-state index is 0.00862. The second-order valence-corrected chi connectivity index (χ2v) is 9.03. The topological polar surface area (TPSA) is 110 Å². The smallest absolute Gasteiger partial charge is 0.231 e. The zero-order valence-electron chi connectivity index (χ0n) is 16.5. The molecule has 158 valence electrons. The van der Waals surface area contributed by atoms with Crippen LogP contribution in [-0.4, -0.2) is 35.6 Å². The van der Waals surface area contributed by atoms with Gasteiger partial charge >= 0.3 is 0 Å². The van der Waals surface area contributed by atoms with Gasteiger partial charge in [-0.1, -0.05) is 17.7 Å². The van der Waals surface area contributed by atoms with E-state index in [0.717, 1.165) is 5.57 Å². The predicted octanol–water partition coefficient (Wildman–Crippen LogP) is 2.45. The van der Waals surface area contributed by atoms with Gasteiger partial charge in [0.15, 0.2) is 11.6 Å². The third kappa shape index (κ3) is 2.85. The maximum absolute atomic E-state index is 13.1. The Morgan fingerprint density at radius 1 is 1.13 bits per heavy atom. The number of ketones is 2. The van der Waals surface area contributed by atoms with Gasteiger partial charge in [0.05, 0.1) is 23.4 Å². The molecule has 0 saturated carbocycles. The number of aromatic hydroxyl groups is 1. The van der Waals surface area contributed by atoms with E-state index in [1.54, 1.807) is 6.07 Å². The van der Waals surface area contributed by atoms with Gasteiger partial charge in [-0.15, -0.1) is 0 Å². The fraction of sp³-hybridized carbons (Fsp3) is 0.304. The highest BCUT2D eigenvalue weighted by atomic mass is 79.9. The molecule has 1 heterocycles. The second kappa shape index (κ2) is 7.02. The number of rotatable bonds is 2. The van der Waals surface area contributed by atoms with Crippen LogP contribution in [0.4, 0.5) is 0 Å². The van der Waals surface area contributed by atoms with Crippen molar-refractivity contribution in [2.45, 2.75) is 18.8 Å². The number of nitrogens with one attached hydrogen (secondary N) is 1. The highest BCUT2D eigenvalue weighted by Gasteiger charge is 2.53. The largest absolute Gasteiger partial charge is 0.508 e. The third-order valence-corrected chi connectivity index (χ3v) is 7.29. The fourth-order valence-electron chi connectivity index (χ4n) is 5.41. The third-order valence-electron chi connectivity index (χ3n) is 6.70. The molecule has 3 aliphatic carbocycles. The first-order chi connectivity index (χ1) is 14.8. The highest BCUT2D eigenvalue weighted by molar-refractivity contribution is 9.12. The Hall–Kier alpha value is -3.00. The van der Waals surface area contributed by atoms with Crippen LogP contribution in [0.3, 0.4) is 0 Å². The number of hydrogen-bond acceptors (Lipinski definition) is 6. The molecular formula is C23H18BrNO6. The van der Waals surface area contributed by atoms with E-state index < -0.39 is 17.8 Å². The van der Waals surface area contributed by atoms with E-state index in [2.05, 4.69) is 21.2 Å². The van der Waals surface area contributed by atoms with Gasteiger partial charge in [-0.05, 0) is 40.8 Å². The van der Waals surface area contributed by atoms with Crippen molar-refractivity contribution in [1.82, 2.24) is 5.32 Å². The van der Waals surface area contributed by atoms with Gasteiger partial charge in [-0.2, -0.15) is 0 Å².